The van der Waals surface area contributed by atoms with Gasteiger partial charge in [0.2, 0.25) is 15.0 Å². The van der Waals surface area contributed by atoms with Crippen LogP contribution in [0.5, 0.6) is 0 Å². The second kappa shape index (κ2) is 9.65. The molecule has 2 aromatic rings. The summed E-state index contributed by atoms with van der Waals surface area (Å²) in [5, 5.41) is 0.266. The summed E-state index contributed by atoms with van der Waals surface area (Å²) in [5.41, 5.74) is 2.19. The van der Waals surface area contributed by atoms with E-state index in [1.54, 1.807) is 18.6 Å². The van der Waals surface area contributed by atoms with Gasteiger partial charge in [0.15, 0.2) is 0 Å². The van der Waals surface area contributed by atoms with Gasteiger partial charge in [0.1, 0.15) is 0 Å². The van der Waals surface area contributed by atoms with E-state index < -0.39 is 9.84 Å². The zero-order chi connectivity index (χ0) is 20.0. The minimum Gasteiger partial charge on any atom is -0.318 e. The highest BCUT2D eigenvalue weighted by Crippen LogP contribution is 2.30. The van der Waals surface area contributed by atoms with Crippen LogP contribution in [-0.4, -0.2) is 40.2 Å². The minimum absolute atomic E-state index is 0.240. The Morgan fingerprint density at radius 1 is 1.18 bits per heavy atom. The maximum Gasteiger partial charge on any atom is 0.227 e. The van der Waals surface area contributed by atoms with Gasteiger partial charge in [0.25, 0.3) is 0 Å². The molecule has 0 atom stereocenters. The number of hydrogen-bond acceptors (Lipinski definition) is 5. The van der Waals surface area contributed by atoms with E-state index >= 15 is 0 Å². The van der Waals surface area contributed by atoms with Crippen LogP contribution in [0.2, 0.25) is 0 Å². The van der Waals surface area contributed by atoms with Crippen molar-refractivity contribution in [3.05, 3.63) is 42.0 Å². The average Bonchev–Trinajstić information content (AvgIpc) is 3.07. The summed E-state index contributed by atoms with van der Waals surface area (Å²) in [5.74, 6) is 0.549. The summed E-state index contributed by atoms with van der Waals surface area (Å²) in [6.07, 6.45) is 10.5. The summed E-state index contributed by atoms with van der Waals surface area (Å²) >= 11 is 0. The van der Waals surface area contributed by atoms with Gasteiger partial charge >= 0.3 is 0 Å². The number of unbranched alkanes of at least 4 members (excludes halogenated alkanes) is 1. The van der Waals surface area contributed by atoms with Gasteiger partial charge in [-0.05, 0) is 49.4 Å². The molecule has 0 spiro atoms. The van der Waals surface area contributed by atoms with Gasteiger partial charge in [-0.25, -0.2) is 13.4 Å². The van der Waals surface area contributed by atoms with E-state index in [1.165, 1.54) is 5.56 Å². The van der Waals surface area contributed by atoms with Crippen molar-refractivity contribution in [2.75, 3.05) is 12.3 Å². The van der Waals surface area contributed by atoms with Gasteiger partial charge in [0.05, 0.1) is 17.6 Å². The quantitative estimate of drug-likeness (QED) is 0.571. The lowest BCUT2D eigenvalue weighted by molar-refractivity contribution is 0.262. The van der Waals surface area contributed by atoms with Gasteiger partial charge < -0.3 is 4.57 Å². The van der Waals surface area contributed by atoms with Gasteiger partial charge in [-0.15, -0.1) is 0 Å². The first kappa shape index (κ1) is 21.0. The number of aromatic nitrogens is 3. The number of hydrogen-bond donors (Lipinski definition) is 0. The summed E-state index contributed by atoms with van der Waals surface area (Å²) in [4.78, 5) is 10.8. The SMILES string of the molecule is CCCCn1c(CN(CC)Cc2ccncc2)cnc1S(=O)(=O)CC1CCC1. The maximum atomic E-state index is 13.0. The molecule has 1 saturated carbocycles. The predicted octanol–water partition coefficient (Wildman–Crippen LogP) is 3.67. The van der Waals surface area contributed by atoms with Crippen molar-refractivity contribution < 1.29 is 8.42 Å². The van der Waals surface area contributed by atoms with Crippen LogP contribution < -0.4 is 0 Å². The molecule has 0 bridgehead atoms. The van der Waals surface area contributed by atoms with E-state index in [2.05, 4.69) is 28.7 Å². The molecule has 1 fully saturated rings. The van der Waals surface area contributed by atoms with Crippen molar-refractivity contribution in [2.24, 2.45) is 5.92 Å². The average molecular weight is 405 g/mol. The fraction of sp³-hybridized carbons (Fsp3) is 0.619. The van der Waals surface area contributed by atoms with E-state index in [0.29, 0.717) is 19.0 Å². The highest BCUT2D eigenvalue weighted by molar-refractivity contribution is 7.91. The standard InChI is InChI=1S/C21H32N4O2S/c1-3-5-13-25-20(16-24(4-2)15-18-9-11-22-12-10-18)14-23-21(25)28(26,27)17-19-7-6-8-19/h9-12,14,19H,3-8,13,15-17H2,1-2H3. The molecular weight excluding hydrogens is 372 g/mol. The number of imidazole rings is 1. The molecule has 0 aliphatic heterocycles. The monoisotopic (exact) mass is 404 g/mol. The third-order valence-electron chi connectivity index (χ3n) is 5.58. The summed E-state index contributed by atoms with van der Waals surface area (Å²) in [7, 11) is -3.34. The number of sulfone groups is 1. The lowest BCUT2D eigenvalue weighted by Crippen LogP contribution is -2.26. The highest BCUT2D eigenvalue weighted by Gasteiger charge is 2.30. The van der Waals surface area contributed by atoms with Crippen LogP contribution in [0.4, 0.5) is 0 Å². The van der Waals surface area contributed by atoms with E-state index in [9.17, 15) is 8.42 Å². The van der Waals surface area contributed by atoms with E-state index in [1.807, 2.05) is 16.7 Å². The Hall–Kier alpha value is -1.73. The number of nitrogens with zero attached hydrogens (tertiary/aromatic N) is 4. The first-order valence-electron chi connectivity index (χ1n) is 10.4. The Morgan fingerprint density at radius 3 is 2.54 bits per heavy atom. The van der Waals surface area contributed by atoms with Crippen molar-refractivity contribution in [3.63, 3.8) is 0 Å². The molecule has 6 nitrogen and oxygen atoms in total. The number of pyridine rings is 1. The largest absolute Gasteiger partial charge is 0.318 e. The Morgan fingerprint density at radius 2 is 1.93 bits per heavy atom. The van der Waals surface area contributed by atoms with E-state index in [-0.39, 0.29) is 10.9 Å². The predicted molar refractivity (Wildman–Crippen MR) is 111 cm³/mol. The molecule has 0 aromatic carbocycles. The molecule has 7 heteroatoms. The molecule has 0 radical (unpaired) electrons. The smallest absolute Gasteiger partial charge is 0.227 e. The fourth-order valence-electron chi connectivity index (χ4n) is 3.62. The Bertz CT molecular complexity index is 845. The van der Waals surface area contributed by atoms with Crippen LogP contribution in [0, 0.1) is 5.92 Å². The molecule has 0 N–H and O–H groups in total. The summed E-state index contributed by atoms with van der Waals surface area (Å²) < 4.78 is 27.9. The normalized spacial score (nSPS) is 15.1. The fourth-order valence-corrected chi connectivity index (χ4v) is 5.48. The maximum absolute atomic E-state index is 13.0. The van der Waals surface area contributed by atoms with Crippen molar-refractivity contribution in [3.8, 4) is 0 Å². The molecule has 2 aromatic heterocycles. The van der Waals surface area contributed by atoms with Crippen molar-refractivity contribution in [2.45, 2.75) is 70.7 Å². The van der Waals surface area contributed by atoms with Gasteiger partial charge in [-0.3, -0.25) is 9.88 Å². The van der Waals surface area contributed by atoms with Gasteiger partial charge in [-0.2, -0.15) is 0 Å². The minimum atomic E-state index is -3.34. The van der Waals surface area contributed by atoms with Crippen LogP contribution >= 0.6 is 0 Å². The molecule has 3 rings (SSSR count). The first-order chi connectivity index (χ1) is 13.5. The first-order valence-corrected chi connectivity index (χ1v) is 12.1. The lowest BCUT2D eigenvalue weighted by atomic mass is 9.87. The Labute approximate surface area is 168 Å². The van der Waals surface area contributed by atoms with Crippen LogP contribution in [0.15, 0.2) is 35.9 Å². The third kappa shape index (κ3) is 5.20. The van der Waals surface area contributed by atoms with Crippen molar-refractivity contribution >= 4 is 9.84 Å². The molecule has 154 valence electrons. The Kier molecular flexibility index (Phi) is 7.24. The van der Waals surface area contributed by atoms with Crippen LogP contribution in [0.25, 0.3) is 0 Å². The topological polar surface area (TPSA) is 68.1 Å². The molecule has 0 saturated heterocycles. The summed E-state index contributed by atoms with van der Waals surface area (Å²) in [6, 6.07) is 4.04. The molecule has 0 amide bonds. The second-order valence-electron chi connectivity index (χ2n) is 7.77. The van der Waals surface area contributed by atoms with Crippen LogP contribution in [-0.2, 0) is 29.5 Å². The van der Waals surface area contributed by atoms with Crippen LogP contribution in [0.1, 0.15) is 57.2 Å². The highest BCUT2D eigenvalue weighted by atomic mass is 32.2. The van der Waals surface area contributed by atoms with Crippen LogP contribution in [0.3, 0.4) is 0 Å². The molecule has 2 heterocycles. The van der Waals surface area contributed by atoms with Gasteiger partial charge in [0, 0.05) is 32.0 Å². The van der Waals surface area contributed by atoms with Gasteiger partial charge in [-0.1, -0.05) is 26.7 Å². The van der Waals surface area contributed by atoms with E-state index in [4.69, 9.17) is 0 Å². The lowest BCUT2D eigenvalue weighted by Gasteiger charge is -2.25. The second-order valence-corrected chi connectivity index (χ2v) is 9.70. The molecule has 0 unspecified atom stereocenters. The van der Waals surface area contributed by atoms with Crippen molar-refractivity contribution in [1.82, 2.24) is 19.4 Å². The third-order valence-corrected chi connectivity index (χ3v) is 7.38. The zero-order valence-corrected chi connectivity index (χ0v) is 17.9. The Balaban J connectivity index is 1.80. The molecular formula is C21H32N4O2S. The number of rotatable bonds is 11. The zero-order valence-electron chi connectivity index (χ0n) is 17.0. The van der Waals surface area contributed by atoms with Crippen molar-refractivity contribution in [1.29, 1.82) is 0 Å². The molecule has 28 heavy (non-hydrogen) atoms. The molecule has 1 aliphatic carbocycles. The van der Waals surface area contributed by atoms with E-state index in [0.717, 1.165) is 50.9 Å². The summed E-state index contributed by atoms with van der Waals surface area (Å²) in [6.45, 7) is 7.34. The molecule has 1 aliphatic rings.